The second-order valence-electron chi connectivity index (χ2n) is 5.96. The molecule has 130 valence electrons. The van der Waals surface area contributed by atoms with Crippen molar-refractivity contribution in [3.05, 3.63) is 46.8 Å². The van der Waals surface area contributed by atoms with Crippen LogP contribution >= 0.6 is 0 Å². The molecule has 1 atom stereocenters. The van der Waals surface area contributed by atoms with Gasteiger partial charge in [-0.25, -0.2) is 0 Å². The summed E-state index contributed by atoms with van der Waals surface area (Å²) in [6.45, 7) is 4.12. The molecule has 0 aliphatic carbocycles. The number of aromatic amines is 2. The average molecular weight is 340 g/mol. The molecular weight excluding hydrogens is 320 g/mol. The molecule has 0 saturated carbocycles. The van der Waals surface area contributed by atoms with Crippen LogP contribution in [-0.2, 0) is 11.3 Å². The van der Waals surface area contributed by atoms with Crippen LogP contribution < -0.4 is 5.73 Å². The van der Waals surface area contributed by atoms with E-state index >= 15 is 0 Å². The molecule has 25 heavy (non-hydrogen) atoms. The molecule has 0 radical (unpaired) electrons. The van der Waals surface area contributed by atoms with Gasteiger partial charge in [0.1, 0.15) is 6.04 Å². The minimum Gasteiger partial charge on any atom is -0.340 e. The Bertz CT molecular complexity index is 851. The maximum Gasteiger partial charge on any atom is 0.244 e. The number of tetrazole rings is 1. The van der Waals surface area contributed by atoms with Gasteiger partial charge in [0.25, 0.3) is 0 Å². The molecular formula is C16H20N8O. The normalized spacial score (nSPS) is 12.2. The van der Waals surface area contributed by atoms with Crippen molar-refractivity contribution < 1.29 is 4.79 Å². The lowest BCUT2D eigenvalue weighted by Gasteiger charge is -2.22. The van der Waals surface area contributed by atoms with Gasteiger partial charge < -0.3 is 10.6 Å². The lowest BCUT2D eigenvalue weighted by molar-refractivity contribution is -0.132. The SMILES string of the molecule is Cc1n[nH]c(C)c1[C@@H](N)C(=O)N(C)Cc1cccc(-c2nn[nH]n2)c1. The van der Waals surface area contributed by atoms with E-state index in [1.54, 1.807) is 11.9 Å². The standard InChI is InChI=1S/C16H20N8O/c1-9-13(10(2)19-18-9)14(17)16(25)24(3)8-11-5-4-6-12(7-11)15-20-22-23-21-15/h4-7,14H,8,17H2,1-3H3,(H,18,19)(H,20,21,22,23)/t14-/m1/s1. The van der Waals surface area contributed by atoms with Crippen molar-refractivity contribution >= 4 is 5.91 Å². The van der Waals surface area contributed by atoms with Gasteiger partial charge in [-0.15, -0.1) is 10.2 Å². The summed E-state index contributed by atoms with van der Waals surface area (Å²) in [6, 6.07) is 6.90. The third-order valence-corrected chi connectivity index (χ3v) is 4.09. The van der Waals surface area contributed by atoms with Crippen LogP contribution in [0.15, 0.2) is 24.3 Å². The molecule has 9 heteroatoms. The van der Waals surface area contributed by atoms with Gasteiger partial charge in [-0.05, 0) is 30.7 Å². The highest BCUT2D eigenvalue weighted by Crippen LogP contribution is 2.21. The Balaban J connectivity index is 1.75. The van der Waals surface area contributed by atoms with Gasteiger partial charge in [-0.2, -0.15) is 10.3 Å². The highest BCUT2D eigenvalue weighted by Gasteiger charge is 2.24. The number of rotatable bonds is 5. The lowest BCUT2D eigenvalue weighted by Crippen LogP contribution is -2.36. The van der Waals surface area contributed by atoms with Crippen LogP contribution in [0.25, 0.3) is 11.4 Å². The van der Waals surface area contributed by atoms with Crippen LogP contribution in [0.5, 0.6) is 0 Å². The average Bonchev–Trinajstić information content (AvgIpc) is 3.24. The summed E-state index contributed by atoms with van der Waals surface area (Å²) in [5, 5.41) is 20.9. The first-order valence-electron chi connectivity index (χ1n) is 7.82. The van der Waals surface area contributed by atoms with Gasteiger partial charge in [0.2, 0.25) is 11.7 Å². The number of likely N-dealkylation sites (N-methyl/N-ethyl adjacent to an activating group) is 1. The van der Waals surface area contributed by atoms with Gasteiger partial charge in [0.15, 0.2) is 0 Å². The maximum absolute atomic E-state index is 12.7. The fourth-order valence-electron chi connectivity index (χ4n) is 2.82. The number of nitrogens with two attached hydrogens (primary N) is 1. The van der Waals surface area contributed by atoms with Crippen LogP contribution in [0.4, 0.5) is 0 Å². The van der Waals surface area contributed by atoms with E-state index in [1.807, 2.05) is 38.1 Å². The largest absolute Gasteiger partial charge is 0.340 e. The van der Waals surface area contributed by atoms with E-state index in [2.05, 4.69) is 30.8 Å². The Morgan fingerprint density at radius 3 is 2.76 bits per heavy atom. The predicted molar refractivity (Wildman–Crippen MR) is 91.1 cm³/mol. The quantitative estimate of drug-likeness (QED) is 0.632. The predicted octanol–water partition coefficient (Wildman–Crippen LogP) is 0.865. The van der Waals surface area contributed by atoms with E-state index in [1.165, 1.54) is 0 Å². The number of amides is 1. The monoisotopic (exact) mass is 340 g/mol. The van der Waals surface area contributed by atoms with E-state index in [4.69, 9.17) is 5.73 Å². The Hall–Kier alpha value is -3.07. The molecule has 2 heterocycles. The Labute approximate surface area is 144 Å². The number of carbonyl (C=O) groups is 1. The first-order valence-corrected chi connectivity index (χ1v) is 7.82. The number of hydrogen-bond donors (Lipinski definition) is 3. The van der Waals surface area contributed by atoms with Crippen LogP contribution in [0, 0.1) is 13.8 Å². The maximum atomic E-state index is 12.7. The highest BCUT2D eigenvalue weighted by molar-refractivity contribution is 5.83. The van der Waals surface area contributed by atoms with E-state index in [9.17, 15) is 4.79 Å². The van der Waals surface area contributed by atoms with Gasteiger partial charge in [-0.3, -0.25) is 9.89 Å². The van der Waals surface area contributed by atoms with Crippen molar-refractivity contribution in [3.8, 4) is 11.4 Å². The molecule has 0 bridgehead atoms. The summed E-state index contributed by atoms with van der Waals surface area (Å²) in [5.41, 5.74) is 10.2. The topological polar surface area (TPSA) is 129 Å². The summed E-state index contributed by atoms with van der Waals surface area (Å²) in [4.78, 5) is 14.3. The zero-order valence-electron chi connectivity index (χ0n) is 14.3. The summed E-state index contributed by atoms with van der Waals surface area (Å²) < 4.78 is 0. The molecule has 1 aromatic carbocycles. The van der Waals surface area contributed by atoms with Crippen LogP contribution in [-0.4, -0.2) is 48.7 Å². The van der Waals surface area contributed by atoms with E-state index in [-0.39, 0.29) is 5.91 Å². The minimum absolute atomic E-state index is 0.169. The second kappa shape index (κ2) is 6.81. The zero-order valence-corrected chi connectivity index (χ0v) is 14.3. The molecule has 3 aromatic rings. The Kier molecular flexibility index (Phi) is 4.57. The molecule has 0 spiro atoms. The molecule has 0 aliphatic heterocycles. The first-order chi connectivity index (χ1) is 12.0. The number of hydrogen-bond acceptors (Lipinski definition) is 6. The fourth-order valence-corrected chi connectivity index (χ4v) is 2.82. The van der Waals surface area contributed by atoms with Crippen LogP contribution in [0.1, 0.15) is 28.6 Å². The number of nitrogens with zero attached hydrogens (tertiary/aromatic N) is 5. The van der Waals surface area contributed by atoms with Crippen molar-refractivity contribution in [2.45, 2.75) is 26.4 Å². The number of H-pyrrole nitrogens is 2. The molecule has 0 aliphatic rings. The first kappa shape index (κ1) is 16.8. The van der Waals surface area contributed by atoms with Crippen molar-refractivity contribution in [2.75, 3.05) is 7.05 Å². The zero-order chi connectivity index (χ0) is 18.0. The molecule has 0 unspecified atom stereocenters. The van der Waals surface area contributed by atoms with Crippen molar-refractivity contribution in [3.63, 3.8) is 0 Å². The van der Waals surface area contributed by atoms with E-state index in [0.717, 1.165) is 28.1 Å². The fraction of sp³-hybridized carbons (Fsp3) is 0.312. The molecule has 3 rings (SSSR count). The minimum atomic E-state index is -0.746. The van der Waals surface area contributed by atoms with Crippen molar-refractivity contribution in [1.29, 1.82) is 0 Å². The number of benzene rings is 1. The summed E-state index contributed by atoms with van der Waals surface area (Å²) in [5.74, 6) is 0.342. The molecule has 0 saturated heterocycles. The second-order valence-corrected chi connectivity index (χ2v) is 5.96. The summed E-state index contributed by atoms with van der Waals surface area (Å²) in [6.07, 6.45) is 0. The number of nitrogens with one attached hydrogen (secondary N) is 2. The van der Waals surface area contributed by atoms with Crippen molar-refractivity contribution in [2.24, 2.45) is 5.73 Å². The molecule has 1 amide bonds. The lowest BCUT2D eigenvalue weighted by atomic mass is 10.0. The van der Waals surface area contributed by atoms with E-state index in [0.29, 0.717) is 12.4 Å². The summed E-state index contributed by atoms with van der Waals surface area (Å²) in [7, 11) is 1.73. The number of aromatic nitrogens is 6. The third-order valence-electron chi connectivity index (χ3n) is 4.09. The van der Waals surface area contributed by atoms with Crippen LogP contribution in [0.2, 0.25) is 0 Å². The number of carbonyl (C=O) groups excluding carboxylic acids is 1. The molecule has 9 nitrogen and oxygen atoms in total. The molecule has 2 aromatic heterocycles. The van der Waals surface area contributed by atoms with Gasteiger partial charge in [0.05, 0.1) is 5.69 Å². The molecule has 4 N–H and O–H groups in total. The molecule has 0 fully saturated rings. The Morgan fingerprint density at radius 1 is 1.32 bits per heavy atom. The van der Waals surface area contributed by atoms with E-state index < -0.39 is 6.04 Å². The highest BCUT2D eigenvalue weighted by atomic mass is 16.2. The van der Waals surface area contributed by atoms with Gasteiger partial charge in [0, 0.05) is 30.4 Å². The van der Waals surface area contributed by atoms with Crippen LogP contribution in [0.3, 0.4) is 0 Å². The summed E-state index contributed by atoms with van der Waals surface area (Å²) >= 11 is 0. The van der Waals surface area contributed by atoms with Crippen molar-refractivity contribution in [1.82, 2.24) is 35.7 Å². The Morgan fingerprint density at radius 2 is 2.12 bits per heavy atom. The number of aryl methyl sites for hydroxylation is 2. The smallest absolute Gasteiger partial charge is 0.244 e. The van der Waals surface area contributed by atoms with Gasteiger partial charge in [-0.1, -0.05) is 18.2 Å². The van der Waals surface area contributed by atoms with Gasteiger partial charge >= 0.3 is 0 Å². The third kappa shape index (κ3) is 3.41.